The monoisotopic (exact) mass is 293 g/mol. The average Bonchev–Trinajstić information content (AvgIpc) is 2.42. The molecule has 0 aliphatic carbocycles. The number of rotatable bonds is 8. The summed E-state index contributed by atoms with van der Waals surface area (Å²) in [4.78, 5) is 30.6. The second-order valence-electron chi connectivity index (χ2n) is 5.52. The molecule has 0 aromatic carbocycles. The number of nitrogens with zero attached hydrogens (tertiary/aromatic N) is 2. The molecule has 21 heavy (non-hydrogen) atoms. The molecule has 6 heteroatoms. The minimum absolute atomic E-state index is 0.167. The van der Waals surface area contributed by atoms with Gasteiger partial charge in [0.2, 0.25) is 0 Å². The summed E-state index contributed by atoms with van der Waals surface area (Å²) in [5.41, 5.74) is 1.06. The van der Waals surface area contributed by atoms with Crippen LogP contribution in [0.2, 0.25) is 0 Å². The zero-order valence-corrected chi connectivity index (χ0v) is 12.8. The van der Waals surface area contributed by atoms with Gasteiger partial charge in [0, 0.05) is 19.2 Å². The number of hydrogen-bond acceptors (Lipinski definition) is 4. The van der Waals surface area contributed by atoms with Crippen LogP contribution in [0.1, 0.15) is 49.3 Å². The number of aromatic nitrogens is 2. The standard InChI is InChI=1S/C15H23N3O3/c1-10(2)12(4-5-14(19)20)6-7-16-15(21)13-9-17-11(3)8-18-13/h8-10,12H,4-7H2,1-3H3,(H,16,21)(H,19,20). The summed E-state index contributed by atoms with van der Waals surface area (Å²) in [7, 11) is 0. The Morgan fingerprint density at radius 2 is 1.95 bits per heavy atom. The number of hydrogen-bond donors (Lipinski definition) is 2. The van der Waals surface area contributed by atoms with E-state index in [1.54, 1.807) is 6.20 Å². The van der Waals surface area contributed by atoms with Gasteiger partial charge >= 0.3 is 5.97 Å². The van der Waals surface area contributed by atoms with Crippen molar-refractivity contribution in [3.8, 4) is 0 Å². The predicted molar refractivity (Wildman–Crippen MR) is 78.9 cm³/mol. The van der Waals surface area contributed by atoms with Crippen molar-refractivity contribution < 1.29 is 14.7 Å². The molecule has 0 spiro atoms. The molecule has 1 rings (SSSR count). The van der Waals surface area contributed by atoms with Gasteiger partial charge in [0.25, 0.3) is 5.91 Å². The molecule has 1 unspecified atom stereocenters. The van der Waals surface area contributed by atoms with Gasteiger partial charge in [-0.2, -0.15) is 0 Å². The first-order valence-corrected chi connectivity index (χ1v) is 7.18. The molecule has 1 atom stereocenters. The van der Waals surface area contributed by atoms with E-state index >= 15 is 0 Å². The van der Waals surface area contributed by atoms with Gasteiger partial charge in [-0.1, -0.05) is 13.8 Å². The Kier molecular flexibility index (Phi) is 6.78. The van der Waals surface area contributed by atoms with Crippen LogP contribution in [0.5, 0.6) is 0 Å². The van der Waals surface area contributed by atoms with E-state index in [-0.39, 0.29) is 18.2 Å². The Bertz CT molecular complexity index is 472. The molecule has 116 valence electrons. The van der Waals surface area contributed by atoms with Crippen molar-refractivity contribution in [1.29, 1.82) is 0 Å². The average molecular weight is 293 g/mol. The normalized spacial score (nSPS) is 12.2. The lowest BCUT2D eigenvalue weighted by Gasteiger charge is -2.20. The minimum Gasteiger partial charge on any atom is -0.481 e. The maximum Gasteiger partial charge on any atom is 0.303 e. The maximum absolute atomic E-state index is 11.9. The first-order chi connectivity index (χ1) is 9.90. The van der Waals surface area contributed by atoms with Gasteiger partial charge in [-0.25, -0.2) is 4.98 Å². The highest BCUT2D eigenvalue weighted by atomic mass is 16.4. The highest BCUT2D eigenvalue weighted by Gasteiger charge is 2.15. The second kappa shape index (κ2) is 8.34. The Morgan fingerprint density at radius 3 is 2.48 bits per heavy atom. The zero-order valence-electron chi connectivity index (χ0n) is 12.8. The molecule has 0 aliphatic heterocycles. The van der Waals surface area contributed by atoms with Crippen molar-refractivity contribution >= 4 is 11.9 Å². The van der Waals surface area contributed by atoms with Crippen LogP contribution in [0.3, 0.4) is 0 Å². The lowest BCUT2D eigenvalue weighted by Crippen LogP contribution is -2.28. The molecular formula is C15H23N3O3. The fraction of sp³-hybridized carbons (Fsp3) is 0.600. The molecule has 1 amide bonds. The molecule has 1 heterocycles. The van der Waals surface area contributed by atoms with E-state index in [2.05, 4.69) is 29.1 Å². The second-order valence-corrected chi connectivity index (χ2v) is 5.52. The molecule has 0 bridgehead atoms. The van der Waals surface area contributed by atoms with Gasteiger partial charge in [-0.15, -0.1) is 0 Å². The van der Waals surface area contributed by atoms with Gasteiger partial charge in [-0.3, -0.25) is 14.6 Å². The molecule has 2 N–H and O–H groups in total. The summed E-state index contributed by atoms with van der Waals surface area (Å²) in [6, 6.07) is 0. The number of amides is 1. The summed E-state index contributed by atoms with van der Waals surface area (Å²) in [5.74, 6) is -0.353. The first-order valence-electron chi connectivity index (χ1n) is 7.18. The van der Waals surface area contributed by atoms with E-state index in [4.69, 9.17) is 5.11 Å². The lowest BCUT2D eigenvalue weighted by atomic mass is 9.88. The maximum atomic E-state index is 11.9. The topological polar surface area (TPSA) is 92.2 Å². The van der Waals surface area contributed by atoms with Crippen molar-refractivity contribution in [2.45, 2.75) is 40.0 Å². The van der Waals surface area contributed by atoms with Crippen LogP contribution in [-0.4, -0.2) is 33.5 Å². The van der Waals surface area contributed by atoms with Crippen LogP contribution in [0.25, 0.3) is 0 Å². The Hall–Kier alpha value is -1.98. The first kappa shape index (κ1) is 17.1. The van der Waals surface area contributed by atoms with Crippen molar-refractivity contribution in [2.24, 2.45) is 11.8 Å². The van der Waals surface area contributed by atoms with Crippen LogP contribution < -0.4 is 5.32 Å². The van der Waals surface area contributed by atoms with Gasteiger partial charge in [0.15, 0.2) is 0 Å². The molecule has 0 fully saturated rings. The fourth-order valence-corrected chi connectivity index (χ4v) is 2.09. The van der Waals surface area contributed by atoms with Crippen molar-refractivity contribution in [1.82, 2.24) is 15.3 Å². The summed E-state index contributed by atoms with van der Waals surface area (Å²) >= 11 is 0. The van der Waals surface area contributed by atoms with Crippen molar-refractivity contribution in [3.63, 3.8) is 0 Å². The van der Waals surface area contributed by atoms with Gasteiger partial charge in [-0.05, 0) is 31.6 Å². The third-order valence-corrected chi connectivity index (χ3v) is 3.49. The Balaban J connectivity index is 2.40. The number of aryl methyl sites for hydroxylation is 1. The SMILES string of the molecule is Cc1cnc(C(=O)NCCC(CCC(=O)O)C(C)C)cn1. The third kappa shape index (κ3) is 6.33. The Labute approximate surface area is 125 Å². The molecule has 1 aromatic heterocycles. The number of aliphatic carboxylic acids is 1. The molecule has 0 saturated carbocycles. The van der Waals surface area contributed by atoms with E-state index < -0.39 is 5.97 Å². The number of carboxylic acid groups (broad SMARTS) is 1. The number of nitrogens with one attached hydrogen (secondary N) is 1. The summed E-state index contributed by atoms with van der Waals surface area (Å²) in [6.07, 6.45) is 4.57. The molecule has 0 radical (unpaired) electrons. The number of carboxylic acids is 1. The van der Waals surface area contributed by atoms with Crippen molar-refractivity contribution in [3.05, 3.63) is 23.8 Å². The van der Waals surface area contributed by atoms with Crippen LogP contribution in [0.15, 0.2) is 12.4 Å². The van der Waals surface area contributed by atoms with Gasteiger partial charge in [0.1, 0.15) is 5.69 Å². The van der Waals surface area contributed by atoms with Gasteiger partial charge < -0.3 is 10.4 Å². The quantitative estimate of drug-likeness (QED) is 0.765. The predicted octanol–water partition coefficient (Wildman–Crippen LogP) is 2.04. The zero-order chi connectivity index (χ0) is 15.8. The highest BCUT2D eigenvalue weighted by Crippen LogP contribution is 2.20. The molecule has 6 nitrogen and oxygen atoms in total. The van der Waals surface area contributed by atoms with E-state index in [0.29, 0.717) is 24.6 Å². The number of carbonyl (C=O) groups excluding carboxylic acids is 1. The molecule has 0 aliphatic rings. The summed E-state index contributed by atoms with van der Waals surface area (Å²) < 4.78 is 0. The lowest BCUT2D eigenvalue weighted by molar-refractivity contribution is -0.137. The Morgan fingerprint density at radius 1 is 1.24 bits per heavy atom. The van der Waals surface area contributed by atoms with Crippen LogP contribution >= 0.6 is 0 Å². The minimum atomic E-state index is -0.778. The third-order valence-electron chi connectivity index (χ3n) is 3.49. The smallest absolute Gasteiger partial charge is 0.303 e. The number of carbonyl (C=O) groups is 2. The largest absolute Gasteiger partial charge is 0.481 e. The summed E-state index contributed by atoms with van der Waals surface area (Å²) in [6.45, 7) is 6.46. The fourth-order valence-electron chi connectivity index (χ4n) is 2.09. The van der Waals surface area contributed by atoms with E-state index in [1.807, 2.05) is 6.92 Å². The van der Waals surface area contributed by atoms with Crippen molar-refractivity contribution in [2.75, 3.05) is 6.54 Å². The highest BCUT2D eigenvalue weighted by molar-refractivity contribution is 5.91. The molecular weight excluding hydrogens is 270 g/mol. The summed E-state index contributed by atoms with van der Waals surface area (Å²) in [5, 5.41) is 11.5. The van der Waals surface area contributed by atoms with E-state index in [1.165, 1.54) is 6.20 Å². The molecule has 0 saturated heterocycles. The van der Waals surface area contributed by atoms with Crippen LogP contribution in [0.4, 0.5) is 0 Å². The van der Waals surface area contributed by atoms with E-state index in [0.717, 1.165) is 12.1 Å². The van der Waals surface area contributed by atoms with E-state index in [9.17, 15) is 9.59 Å². The van der Waals surface area contributed by atoms with Gasteiger partial charge in [0.05, 0.1) is 11.9 Å². The van der Waals surface area contributed by atoms with Crippen LogP contribution in [-0.2, 0) is 4.79 Å². The van der Waals surface area contributed by atoms with Crippen LogP contribution in [0, 0.1) is 18.8 Å². The molecule has 1 aromatic rings.